The Morgan fingerprint density at radius 1 is 1.17 bits per heavy atom. The number of unbranched alkanes of at least 4 members (excludes halogenated alkanes) is 2. The van der Waals surface area contributed by atoms with E-state index in [9.17, 15) is 4.79 Å². The van der Waals surface area contributed by atoms with E-state index in [0.717, 1.165) is 18.4 Å². The largest absolute Gasteiger partial charge is 0.352 e. The molecule has 0 aliphatic rings. The molecule has 0 atom stereocenters. The lowest BCUT2D eigenvalue weighted by Crippen LogP contribution is -2.24. The first-order valence-electron chi connectivity index (χ1n) is 7.13. The second-order valence-corrected chi connectivity index (χ2v) is 4.61. The molecule has 1 aromatic rings. The minimum Gasteiger partial charge on any atom is -0.352 e. The van der Waals surface area contributed by atoms with E-state index in [0.29, 0.717) is 6.54 Å². The summed E-state index contributed by atoms with van der Waals surface area (Å²) in [5.41, 5.74) is 3.43. The Morgan fingerprint density at radius 2 is 1.94 bits per heavy atom. The number of aryl methyl sites for hydroxylation is 1. The van der Waals surface area contributed by atoms with Gasteiger partial charge in [-0.05, 0) is 43.4 Å². The number of carbonyl (C=O) groups is 1. The summed E-state index contributed by atoms with van der Waals surface area (Å²) in [6.07, 6.45) is 5.62. The van der Waals surface area contributed by atoms with E-state index in [1.165, 1.54) is 30.4 Å². The van der Waals surface area contributed by atoms with Gasteiger partial charge in [0.25, 0.3) is 5.91 Å². The van der Waals surface area contributed by atoms with E-state index in [2.05, 4.69) is 25.2 Å². The summed E-state index contributed by atoms with van der Waals surface area (Å²) in [6.45, 7) is 7.00. The zero-order valence-electron chi connectivity index (χ0n) is 11.9. The highest BCUT2D eigenvalue weighted by Gasteiger charge is 2.12. The molecule has 1 N–H and O–H groups in total. The first kappa shape index (κ1) is 14.7. The number of benzene rings is 1. The summed E-state index contributed by atoms with van der Waals surface area (Å²) in [5, 5.41) is 2.91. The van der Waals surface area contributed by atoms with Gasteiger partial charge in [-0.3, -0.25) is 4.79 Å². The van der Waals surface area contributed by atoms with Crippen molar-refractivity contribution in [2.45, 2.75) is 52.9 Å². The van der Waals surface area contributed by atoms with Crippen LogP contribution in [0.3, 0.4) is 0 Å². The molecule has 0 radical (unpaired) electrons. The molecular weight excluding hydrogens is 222 g/mol. The molecule has 0 fully saturated rings. The average molecular weight is 247 g/mol. The molecule has 0 aromatic heterocycles. The summed E-state index contributed by atoms with van der Waals surface area (Å²) < 4.78 is 0. The van der Waals surface area contributed by atoms with Crippen LogP contribution in [0.25, 0.3) is 0 Å². The van der Waals surface area contributed by atoms with Crippen LogP contribution < -0.4 is 5.32 Å². The van der Waals surface area contributed by atoms with Crippen LogP contribution in [-0.4, -0.2) is 12.5 Å². The lowest BCUT2D eigenvalue weighted by Gasteiger charge is -2.13. The van der Waals surface area contributed by atoms with Gasteiger partial charge in [0.05, 0.1) is 0 Å². The Kier molecular flexibility index (Phi) is 6.48. The van der Waals surface area contributed by atoms with Crippen molar-refractivity contribution in [1.29, 1.82) is 0 Å². The van der Waals surface area contributed by atoms with Crippen LogP contribution in [0.2, 0.25) is 0 Å². The lowest BCUT2D eigenvalue weighted by molar-refractivity contribution is 0.0954. The number of amides is 1. The van der Waals surface area contributed by atoms with Crippen molar-refractivity contribution < 1.29 is 4.79 Å². The van der Waals surface area contributed by atoms with E-state index in [1.54, 1.807) is 0 Å². The molecule has 2 heteroatoms. The van der Waals surface area contributed by atoms with Crippen LogP contribution in [0, 0.1) is 0 Å². The van der Waals surface area contributed by atoms with Gasteiger partial charge >= 0.3 is 0 Å². The minimum atomic E-state index is 0.0688. The molecule has 0 bridgehead atoms. The Morgan fingerprint density at radius 3 is 2.56 bits per heavy atom. The van der Waals surface area contributed by atoms with Crippen molar-refractivity contribution >= 4 is 5.91 Å². The fraction of sp³-hybridized carbons (Fsp3) is 0.562. The molecule has 18 heavy (non-hydrogen) atoms. The summed E-state index contributed by atoms with van der Waals surface area (Å²) >= 11 is 0. The Labute approximate surface area is 111 Å². The number of hydrogen-bond donors (Lipinski definition) is 1. The monoisotopic (exact) mass is 247 g/mol. The van der Waals surface area contributed by atoms with Gasteiger partial charge in [-0.2, -0.15) is 0 Å². The molecular formula is C16H25NO. The van der Waals surface area contributed by atoms with Crippen LogP contribution in [0.5, 0.6) is 0 Å². The lowest BCUT2D eigenvalue weighted by atomic mass is 9.94. The molecule has 0 saturated carbocycles. The van der Waals surface area contributed by atoms with Crippen molar-refractivity contribution in [3.63, 3.8) is 0 Å². The van der Waals surface area contributed by atoms with Crippen LogP contribution in [-0.2, 0) is 12.8 Å². The maximum atomic E-state index is 12.1. The zero-order valence-corrected chi connectivity index (χ0v) is 11.9. The van der Waals surface area contributed by atoms with Crippen LogP contribution in [0.1, 0.15) is 61.5 Å². The van der Waals surface area contributed by atoms with Gasteiger partial charge in [-0.25, -0.2) is 0 Å². The Balaban J connectivity index is 2.96. The molecule has 2 nitrogen and oxygen atoms in total. The van der Waals surface area contributed by atoms with Gasteiger partial charge < -0.3 is 5.32 Å². The number of nitrogens with one attached hydrogen (secondary N) is 1. The van der Waals surface area contributed by atoms with Gasteiger partial charge in [0.15, 0.2) is 0 Å². The standard InChI is InChI=1S/C16H25NO/c1-4-7-8-11-14-13(5-2)10-9-12-15(14)16(18)17-6-3/h9-10,12H,4-8,11H2,1-3H3,(H,17,18). The van der Waals surface area contributed by atoms with Crippen molar-refractivity contribution in [3.8, 4) is 0 Å². The smallest absolute Gasteiger partial charge is 0.251 e. The van der Waals surface area contributed by atoms with E-state index in [4.69, 9.17) is 0 Å². The first-order chi connectivity index (χ1) is 8.74. The first-order valence-corrected chi connectivity index (χ1v) is 7.13. The van der Waals surface area contributed by atoms with Crippen molar-refractivity contribution in [1.82, 2.24) is 5.32 Å². The fourth-order valence-electron chi connectivity index (χ4n) is 2.28. The third kappa shape index (κ3) is 3.86. The maximum Gasteiger partial charge on any atom is 0.251 e. The SMILES string of the molecule is CCCCCc1c(CC)cccc1C(=O)NCC. The fourth-order valence-corrected chi connectivity index (χ4v) is 2.28. The van der Waals surface area contributed by atoms with Crippen LogP contribution in [0.15, 0.2) is 18.2 Å². The highest BCUT2D eigenvalue weighted by Crippen LogP contribution is 2.19. The second kappa shape index (κ2) is 7.91. The molecule has 100 valence electrons. The molecule has 1 amide bonds. The number of rotatable bonds is 7. The van der Waals surface area contributed by atoms with Crippen LogP contribution in [0.4, 0.5) is 0 Å². The van der Waals surface area contributed by atoms with Gasteiger partial charge in [0.2, 0.25) is 0 Å². The van der Waals surface area contributed by atoms with E-state index >= 15 is 0 Å². The highest BCUT2D eigenvalue weighted by atomic mass is 16.1. The quantitative estimate of drug-likeness (QED) is 0.731. The molecule has 0 spiro atoms. The van der Waals surface area contributed by atoms with E-state index < -0.39 is 0 Å². The highest BCUT2D eigenvalue weighted by molar-refractivity contribution is 5.96. The number of carbonyl (C=O) groups excluding carboxylic acids is 1. The van der Waals surface area contributed by atoms with Crippen molar-refractivity contribution in [2.24, 2.45) is 0 Å². The second-order valence-electron chi connectivity index (χ2n) is 4.61. The predicted molar refractivity (Wildman–Crippen MR) is 77.1 cm³/mol. The summed E-state index contributed by atoms with van der Waals surface area (Å²) in [5.74, 6) is 0.0688. The molecule has 0 aliphatic carbocycles. The topological polar surface area (TPSA) is 29.1 Å². The molecule has 1 aromatic carbocycles. The summed E-state index contributed by atoms with van der Waals surface area (Å²) in [7, 11) is 0. The van der Waals surface area contributed by atoms with Gasteiger partial charge in [0, 0.05) is 12.1 Å². The molecule has 1 rings (SSSR count). The van der Waals surface area contributed by atoms with Gasteiger partial charge in [-0.1, -0.05) is 38.8 Å². The molecule has 0 saturated heterocycles. The molecule has 0 aliphatic heterocycles. The van der Waals surface area contributed by atoms with Crippen LogP contribution >= 0.6 is 0 Å². The minimum absolute atomic E-state index is 0.0688. The third-order valence-electron chi connectivity index (χ3n) is 3.27. The van der Waals surface area contributed by atoms with Gasteiger partial charge in [-0.15, -0.1) is 0 Å². The Hall–Kier alpha value is -1.31. The maximum absolute atomic E-state index is 12.1. The van der Waals surface area contributed by atoms with Crippen molar-refractivity contribution in [2.75, 3.05) is 6.54 Å². The normalized spacial score (nSPS) is 10.4. The van der Waals surface area contributed by atoms with E-state index in [1.807, 2.05) is 19.1 Å². The zero-order chi connectivity index (χ0) is 13.4. The average Bonchev–Trinajstić information content (AvgIpc) is 2.39. The summed E-state index contributed by atoms with van der Waals surface area (Å²) in [4.78, 5) is 12.1. The Bertz CT molecular complexity index is 385. The molecule has 0 heterocycles. The van der Waals surface area contributed by atoms with Gasteiger partial charge in [0.1, 0.15) is 0 Å². The number of hydrogen-bond acceptors (Lipinski definition) is 1. The van der Waals surface area contributed by atoms with Crippen molar-refractivity contribution in [3.05, 3.63) is 34.9 Å². The molecule has 0 unspecified atom stereocenters. The summed E-state index contributed by atoms with van der Waals surface area (Å²) in [6, 6.07) is 6.09. The van der Waals surface area contributed by atoms with E-state index in [-0.39, 0.29) is 5.91 Å². The predicted octanol–water partition coefficient (Wildman–Crippen LogP) is 3.73. The third-order valence-corrected chi connectivity index (χ3v) is 3.27.